The quantitative estimate of drug-likeness (QED) is 0.342. The Bertz CT molecular complexity index is 1340. The molecule has 0 spiro atoms. The minimum Gasteiger partial charge on any atom is -0.434 e. The predicted molar refractivity (Wildman–Crippen MR) is 124 cm³/mol. The van der Waals surface area contributed by atoms with Crippen LogP contribution in [0, 0.1) is 17.0 Å². The number of aryl methyl sites for hydroxylation is 1. The number of hydrogen-bond acceptors (Lipinski definition) is 7. The van der Waals surface area contributed by atoms with E-state index in [1.807, 2.05) is 17.9 Å². The molecule has 0 atom stereocenters. The van der Waals surface area contributed by atoms with Gasteiger partial charge in [-0.2, -0.15) is 4.98 Å². The van der Waals surface area contributed by atoms with Crippen LogP contribution < -0.4 is 10.2 Å². The van der Waals surface area contributed by atoms with Crippen molar-refractivity contribution < 1.29 is 14.1 Å². The van der Waals surface area contributed by atoms with Gasteiger partial charge in [-0.25, -0.2) is 4.98 Å². The third-order valence-corrected chi connectivity index (χ3v) is 5.77. The highest BCUT2D eigenvalue weighted by atomic mass is 16.6. The summed E-state index contributed by atoms with van der Waals surface area (Å²) in [6.45, 7) is 3.43. The fourth-order valence-corrected chi connectivity index (χ4v) is 4.06. The normalized spacial score (nSPS) is 13.4. The maximum atomic E-state index is 12.9. The second-order valence-corrected chi connectivity index (χ2v) is 7.98. The Balaban J connectivity index is 1.38. The molecule has 1 saturated heterocycles. The lowest BCUT2D eigenvalue weighted by Gasteiger charge is -2.18. The van der Waals surface area contributed by atoms with Gasteiger partial charge in [-0.15, -0.1) is 0 Å². The van der Waals surface area contributed by atoms with Gasteiger partial charge in [0.1, 0.15) is 5.69 Å². The molecule has 2 aromatic heterocycles. The second-order valence-electron chi connectivity index (χ2n) is 7.98. The van der Waals surface area contributed by atoms with Gasteiger partial charge in [0, 0.05) is 42.2 Å². The van der Waals surface area contributed by atoms with Gasteiger partial charge in [-0.05, 0) is 67.8 Å². The number of anilines is 2. The van der Waals surface area contributed by atoms with Gasteiger partial charge in [0.2, 0.25) is 5.89 Å². The predicted octanol–water partition coefficient (Wildman–Crippen LogP) is 4.96. The number of nitro groups is 1. The van der Waals surface area contributed by atoms with Gasteiger partial charge in [0.25, 0.3) is 11.6 Å². The van der Waals surface area contributed by atoms with Crippen molar-refractivity contribution in [1.29, 1.82) is 0 Å². The summed E-state index contributed by atoms with van der Waals surface area (Å²) in [4.78, 5) is 34.6. The first-order chi connectivity index (χ1) is 16.0. The standard InChI is InChI=1S/C24H21N5O4/c1-15-13-17(24-27-22-21(33-24)5-4-10-25-22)6-8-18(15)26-23(30)16-7-9-19(20(14-16)29(31)32)28-11-2-3-12-28/h4-10,13-14H,2-3,11-12H2,1H3,(H,26,30). The largest absolute Gasteiger partial charge is 0.434 e. The zero-order valence-electron chi connectivity index (χ0n) is 17.9. The van der Waals surface area contributed by atoms with Crippen LogP contribution >= 0.6 is 0 Å². The summed E-state index contributed by atoms with van der Waals surface area (Å²) in [5.41, 5.74) is 4.03. The van der Waals surface area contributed by atoms with Crippen molar-refractivity contribution >= 4 is 34.2 Å². The van der Waals surface area contributed by atoms with E-state index in [2.05, 4.69) is 15.3 Å². The fourth-order valence-electron chi connectivity index (χ4n) is 4.06. The SMILES string of the molecule is Cc1cc(-c2nc3ncccc3o2)ccc1NC(=O)c1ccc(N2CCCC2)c([N+](=O)[O-])c1. The highest BCUT2D eigenvalue weighted by molar-refractivity contribution is 6.05. The van der Waals surface area contributed by atoms with Crippen LogP contribution in [0.5, 0.6) is 0 Å². The summed E-state index contributed by atoms with van der Waals surface area (Å²) in [7, 11) is 0. The molecule has 5 rings (SSSR count). The molecule has 1 N–H and O–H groups in total. The number of fused-ring (bicyclic) bond motifs is 1. The van der Waals surface area contributed by atoms with Crippen molar-refractivity contribution in [3.05, 3.63) is 76.0 Å². The Hall–Kier alpha value is -4.27. The highest BCUT2D eigenvalue weighted by Gasteiger charge is 2.24. The lowest BCUT2D eigenvalue weighted by atomic mass is 10.1. The average molecular weight is 443 g/mol. The van der Waals surface area contributed by atoms with E-state index in [0.29, 0.717) is 28.5 Å². The van der Waals surface area contributed by atoms with Gasteiger partial charge >= 0.3 is 0 Å². The van der Waals surface area contributed by atoms with Crippen molar-refractivity contribution in [3.63, 3.8) is 0 Å². The second kappa shape index (κ2) is 8.34. The Kier molecular flexibility index (Phi) is 5.21. The van der Waals surface area contributed by atoms with Gasteiger partial charge in [0.05, 0.1) is 4.92 Å². The Morgan fingerprint density at radius 3 is 2.70 bits per heavy atom. The molecule has 33 heavy (non-hydrogen) atoms. The summed E-state index contributed by atoms with van der Waals surface area (Å²) < 4.78 is 5.76. The van der Waals surface area contributed by atoms with E-state index in [9.17, 15) is 14.9 Å². The van der Waals surface area contributed by atoms with Crippen LogP contribution in [-0.4, -0.2) is 33.9 Å². The molecule has 0 aliphatic carbocycles. The molecule has 4 aromatic rings. The van der Waals surface area contributed by atoms with Crippen LogP contribution in [0.1, 0.15) is 28.8 Å². The molecule has 9 nitrogen and oxygen atoms in total. The first-order valence-corrected chi connectivity index (χ1v) is 10.7. The Morgan fingerprint density at radius 2 is 1.97 bits per heavy atom. The number of oxazole rings is 1. The van der Waals surface area contributed by atoms with E-state index < -0.39 is 10.8 Å². The number of benzene rings is 2. The van der Waals surface area contributed by atoms with Gasteiger partial charge in [-0.1, -0.05) is 0 Å². The zero-order chi connectivity index (χ0) is 22.9. The number of hydrogen-bond donors (Lipinski definition) is 1. The first-order valence-electron chi connectivity index (χ1n) is 10.7. The van der Waals surface area contributed by atoms with Crippen LogP contribution in [0.15, 0.2) is 59.1 Å². The highest BCUT2D eigenvalue weighted by Crippen LogP contribution is 2.32. The van der Waals surface area contributed by atoms with E-state index >= 15 is 0 Å². The number of rotatable bonds is 5. The number of nitrogens with zero attached hydrogens (tertiary/aromatic N) is 4. The molecule has 2 aromatic carbocycles. The molecule has 0 saturated carbocycles. The lowest BCUT2D eigenvalue weighted by molar-refractivity contribution is -0.384. The number of amides is 1. The molecule has 1 aliphatic heterocycles. The average Bonchev–Trinajstić information content (AvgIpc) is 3.50. The van der Waals surface area contributed by atoms with Gasteiger partial charge in [-0.3, -0.25) is 14.9 Å². The molecule has 3 heterocycles. The van der Waals surface area contributed by atoms with Crippen molar-refractivity contribution in [3.8, 4) is 11.5 Å². The Morgan fingerprint density at radius 1 is 1.15 bits per heavy atom. The first kappa shape index (κ1) is 20.6. The minimum atomic E-state index is -0.431. The molecule has 1 aliphatic rings. The van der Waals surface area contributed by atoms with Crippen LogP contribution in [0.2, 0.25) is 0 Å². The maximum Gasteiger partial charge on any atom is 0.293 e. The van der Waals surface area contributed by atoms with E-state index in [0.717, 1.165) is 37.1 Å². The van der Waals surface area contributed by atoms with Crippen molar-refractivity contribution in [2.24, 2.45) is 0 Å². The molecule has 0 unspecified atom stereocenters. The summed E-state index contributed by atoms with van der Waals surface area (Å²) in [5, 5.41) is 14.5. The molecule has 1 amide bonds. The van der Waals surface area contributed by atoms with E-state index in [-0.39, 0.29) is 11.3 Å². The number of carbonyl (C=O) groups is 1. The fraction of sp³-hybridized carbons (Fsp3) is 0.208. The minimum absolute atomic E-state index is 0.0545. The van der Waals surface area contributed by atoms with Crippen LogP contribution in [0.4, 0.5) is 17.1 Å². The van der Waals surface area contributed by atoms with Crippen LogP contribution in [0.25, 0.3) is 22.7 Å². The third kappa shape index (κ3) is 4.00. The van der Waals surface area contributed by atoms with E-state index in [1.165, 1.54) is 6.07 Å². The number of aromatic nitrogens is 2. The van der Waals surface area contributed by atoms with E-state index in [1.54, 1.807) is 42.6 Å². The van der Waals surface area contributed by atoms with Crippen molar-refractivity contribution in [2.75, 3.05) is 23.3 Å². The Labute approximate surface area is 189 Å². The summed E-state index contributed by atoms with van der Waals surface area (Å²) in [6, 6.07) is 13.6. The third-order valence-electron chi connectivity index (χ3n) is 5.77. The topological polar surface area (TPSA) is 114 Å². The van der Waals surface area contributed by atoms with Gasteiger partial charge < -0.3 is 14.6 Å². The number of carbonyl (C=O) groups excluding carboxylic acids is 1. The molecular formula is C24H21N5O4. The number of nitro benzene ring substituents is 1. The molecule has 166 valence electrons. The molecular weight excluding hydrogens is 422 g/mol. The van der Waals surface area contributed by atoms with E-state index in [4.69, 9.17) is 4.42 Å². The smallest absolute Gasteiger partial charge is 0.293 e. The zero-order valence-corrected chi connectivity index (χ0v) is 17.9. The molecule has 0 radical (unpaired) electrons. The monoisotopic (exact) mass is 443 g/mol. The van der Waals surface area contributed by atoms with Crippen molar-refractivity contribution in [1.82, 2.24) is 9.97 Å². The lowest BCUT2D eigenvalue weighted by Crippen LogP contribution is -2.20. The summed E-state index contributed by atoms with van der Waals surface area (Å²) in [6.07, 6.45) is 3.67. The number of pyridine rings is 1. The number of nitrogens with one attached hydrogen (secondary N) is 1. The van der Waals surface area contributed by atoms with Crippen molar-refractivity contribution in [2.45, 2.75) is 19.8 Å². The summed E-state index contributed by atoms with van der Waals surface area (Å²) in [5.74, 6) is 0.0331. The van der Waals surface area contributed by atoms with Gasteiger partial charge in [0.15, 0.2) is 11.2 Å². The molecule has 9 heteroatoms. The maximum absolute atomic E-state index is 12.9. The van der Waals surface area contributed by atoms with Crippen LogP contribution in [0.3, 0.4) is 0 Å². The summed E-state index contributed by atoms with van der Waals surface area (Å²) >= 11 is 0. The molecule has 1 fully saturated rings. The van der Waals surface area contributed by atoms with Crippen LogP contribution in [-0.2, 0) is 0 Å². The molecule has 0 bridgehead atoms.